The minimum absolute atomic E-state index is 0.928. The first-order valence-corrected chi connectivity index (χ1v) is 3.01. The molecule has 0 fully saturated rings. The number of nitrogens with zero attached hydrogens (tertiary/aromatic N) is 2. The third-order valence-corrected chi connectivity index (χ3v) is 1.28. The van der Waals surface area contributed by atoms with Gasteiger partial charge in [0.15, 0.2) is 0 Å². The summed E-state index contributed by atoms with van der Waals surface area (Å²) in [5.41, 5.74) is 0.928. The van der Waals surface area contributed by atoms with Gasteiger partial charge in [0.2, 0.25) is 0 Å². The van der Waals surface area contributed by atoms with Crippen LogP contribution in [0.3, 0.4) is 0 Å². The molecular formula is C8H8N2. The van der Waals surface area contributed by atoms with Gasteiger partial charge in [-0.05, 0) is 12.1 Å². The van der Waals surface area contributed by atoms with E-state index in [1.165, 1.54) is 5.01 Å². The number of anilines is 1. The quantitative estimate of drug-likeness (QED) is 0.418. The molecule has 0 bridgehead atoms. The van der Waals surface area contributed by atoms with E-state index in [2.05, 4.69) is 4.95 Å². The van der Waals surface area contributed by atoms with E-state index in [0.717, 1.165) is 5.69 Å². The van der Waals surface area contributed by atoms with Gasteiger partial charge in [-0.25, -0.2) is 0 Å². The van der Waals surface area contributed by atoms with Gasteiger partial charge in [0.25, 0.3) is 0 Å². The van der Waals surface area contributed by atoms with Crippen molar-refractivity contribution in [2.24, 2.45) is 0 Å². The molecule has 0 atom stereocenters. The van der Waals surface area contributed by atoms with Gasteiger partial charge >= 0.3 is 0 Å². The van der Waals surface area contributed by atoms with Crippen LogP contribution < -0.4 is 5.01 Å². The van der Waals surface area contributed by atoms with Gasteiger partial charge in [0.05, 0.1) is 7.05 Å². The van der Waals surface area contributed by atoms with Crippen molar-refractivity contribution in [3.05, 3.63) is 41.9 Å². The van der Waals surface area contributed by atoms with Crippen LogP contribution in [0.5, 0.6) is 0 Å². The van der Waals surface area contributed by atoms with E-state index < -0.39 is 0 Å². The second-order valence-electron chi connectivity index (χ2n) is 1.96. The maximum Gasteiger partial charge on any atom is 0.112 e. The van der Waals surface area contributed by atoms with Crippen LogP contribution in [0.1, 0.15) is 0 Å². The third-order valence-electron chi connectivity index (χ3n) is 1.28. The van der Waals surface area contributed by atoms with Crippen molar-refractivity contribution >= 4 is 5.69 Å². The van der Waals surface area contributed by atoms with Crippen LogP contribution in [0.25, 0.3) is 4.95 Å². The summed E-state index contributed by atoms with van der Waals surface area (Å²) in [6, 6.07) is 9.56. The van der Waals surface area contributed by atoms with Gasteiger partial charge in [-0.2, -0.15) is 11.5 Å². The van der Waals surface area contributed by atoms with Crippen LogP contribution in [0.2, 0.25) is 0 Å². The molecule has 0 aromatic heterocycles. The summed E-state index contributed by atoms with van der Waals surface area (Å²) in [4.78, 5) is 3.24. The summed E-state index contributed by atoms with van der Waals surface area (Å²) in [6.07, 6.45) is 0. The second-order valence-corrected chi connectivity index (χ2v) is 1.96. The van der Waals surface area contributed by atoms with Crippen LogP contribution >= 0.6 is 0 Å². The largest absolute Gasteiger partial charge is 0.184 e. The predicted octanol–water partition coefficient (Wildman–Crippen LogP) is 1.96. The van der Waals surface area contributed by atoms with Crippen LogP contribution in [0.4, 0.5) is 5.69 Å². The molecule has 0 aliphatic carbocycles. The molecule has 0 unspecified atom stereocenters. The minimum atomic E-state index is 0.928. The Bertz CT molecular complexity index is 235. The van der Waals surface area contributed by atoms with Crippen molar-refractivity contribution in [3.8, 4) is 0 Å². The zero-order valence-electron chi connectivity index (χ0n) is 5.78. The van der Waals surface area contributed by atoms with Crippen molar-refractivity contribution in [1.82, 2.24) is 0 Å². The Labute approximate surface area is 60.5 Å². The maximum atomic E-state index is 6.70. The zero-order chi connectivity index (χ0) is 7.40. The molecule has 0 heterocycles. The summed E-state index contributed by atoms with van der Waals surface area (Å²) >= 11 is 0. The van der Waals surface area contributed by atoms with Crippen molar-refractivity contribution in [2.45, 2.75) is 0 Å². The molecular weight excluding hydrogens is 124 g/mol. The Balaban J connectivity index is 2.88. The molecule has 0 radical (unpaired) electrons. The fourth-order valence-corrected chi connectivity index (χ4v) is 0.701. The summed E-state index contributed by atoms with van der Waals surface area (Å²) in [7, 11) is 1.74. The van der Waals surface area contributed by atoms with E-state index in [9.17, 15) is 0 Å². The van der Waals surface area contributed by atoms with Gasteiger partial charge in [-0.15, -0.1) is 0 Å². The van der Waals surface area contributed by atoms with Crippen LogP contribution in [0.15, 0.2) is 30.3 Å². The van der Waals surface area contributed by atoms with Crippen molar-refractivity contribution in [2.75, 3.05) is 12.1 Å². The minimum Gasteiger partial charge on any atom is -0.184 e. The Morgan fingerprint density at radius 1 is 1.30 bits per heavy atom. The first-order chi connectivity index (χ1) is 4.84. The smallest absolute Gasteiger partial charge is 0.112 e. The van der Waals surface area contributed by atoms with Crippen LogP contribution in [0, 0.1) is 6.57 Å². The summed E-state index contributed by atoms with van der Waals surface area (Å²) in [6.45, 7) is 6.70. The van der Waals surface area contributed by atoms with Crippen LogP contribution in [-0.4, -0.2) is 7.05 Å². The second kappa shape index (κ2) is 2.88. The van der Waals surface area contributed by atoms with E-state index in [1.54, 1.807) is 7.05 Å². The average molecular weight is 132 g/mol. The topological polar surface area (TPSA) is 7.60 Å². The van der Waals surface area contributed by atoms with E-state index >= 15 is 0 Å². The molecule has 10 heavy (non-hydrogen) atoms. The standard InChI is InChI=1S/C8H8N2/c1-9-10(2)8-6-4-3-5-7-8/h3-7H,2H3. The number of hydrogen-bond acceptors (Lipinski definition) is 1. The molecule has 0 saturated carbocycles. The molecule has 2 heteroatoms. The molecule has 2 nitrogen and oxygen atoms in total. The Morgan fingerprint density at radius 3 is 2.40 bits per heavy atom. The highest BCUT2D eigenvalue weighted by Crippen LogP contribution is 2.09. The van der Waals surface area contributed by atoms with Crippen LogP contribution in [-0.2, 0) is 0 Å². The fourth-order valence-electron chi connectivity index (χ4n) is 0.701. The normalized spacial score (nSPS) is 8.40. The number of para-hydroxylation sites is 1. The van der Waals surface area contributed by atoms with E-state index in [-0.39, 0.29) is 0 Å². The highest BCUT2D eigenvalue weighted by atomic mass is 15.4. The van der Waals surface area contributed by atoms with Crippen molar-refractivity contribution in [3.63, 3.8) is 0 Å². The lowest BCUT2D eigenvalue weighted by Gasteiger charge is -2.00. The van der Waals surface area contributed by atoms with Gasteiger partial charge < -0.3 is 0 Å². The molecule has 0 aliphatic rings. The molecule has 1 aromatic rings. The summed E-state index contributed by atoms with van der Waals surface area (Å²) < 4.78 is 0. The SMILES string of the molecule is [C-]#[N+]N(C)c1ccccc1. The Morgan fingerprint density at radius 2 is 1.90 bits per heavy atom. The van der Waals surface area contributed by atoms with Gasteiger partial charge in [0, 0.05) is 0 Å². The predicted molar refractivity (Wildman–Crippen MR) is 41.4 cm³/mol. The van der Waals surface area contributed by atoms with Crippen molar-refractivity contribution < 1.29 is 0 Å². The monoisotopic (exact) mass is 132 g/mol. The number of hydrogen-bond donors (Lipinski definition) is 0. The summed E-state index contributed by atoms with van der Waals surface area (Å²) in [5.74, 6) is 0. The average Bonchev–Trinajstić information content (AvgIpc) is 2.05. The first kappa shape index (κ1) is 6.63. The molecule has 0 amide bonds. The number of benzene rings is 1. The van der Waals surface area contributed by atoms with Gasteiger partial charge in [0.1, 0.15) is 5.69 Å². The number of rotatable bonds is 1. The Kier molecular flexibility index (Phi) is 1.91. The van der Waals surface area contributed by atoms with Crippen molar-refractivity contribution in [1.29, 1.82) is 0 Å². The zero-order valence-corrected chi connectivity index (χ0v) is 5.78. The molecule has 0 aliphatic heterocycles. The first-order valence-electron chi connectivity index (χ1n) is 3.01. The third kappa shape index (κ3) is 1.26. The van der Waals surface area contributed by atoms with E-state index in [4.69, 9.17) is 6.57 Å². The molecule has 0 saturated heterocycles. The lowest BCUT2D eigenvalue weighted by atomic mass is 10.3. The lowest BCUT2D eigenvalue weighted by Crippen LogP contribution is -2.03. The molecule has 0 spiro atoms. The molecule has 1 aromatic carbocycles. The Hall–Kier alpha value is -1.49. The molecule has 1 rings (SSSR count). The maximum absolute atomic E-state index is 6.70. The molecule has 50 valence electrons. The molecule has 0 N–H and O–H groups in total. The fraction of sp³-hybridized carbons (Fsp3) is 0.125. The highest BCUT2D eigenvalue weighted by Gasteiger charge is 1.98. The lowest BCUT2D eigenvalue weighted by molar-refractivity contribution is 1.20. The van der Waals surface area contributed by atoms with E-state index in [0.29, 0.717) is 0 Å². The highest BCUT2D eigenvalue weighted by molar-refractivity contribution is 5.45. The van der Waals surface area contributed by atoms with E-state index in [1.807, 2.05) is 30.3 Å². The summed E-state index contributed by atoms with van der Waals surface area (Å²) in [5, 5.41) is 1.50. The van der Waals surface area contributed by atoms with Gasteiger partial charge in [-0.1, -0.05) is 23.2 Å². The van der Waals surface area contributed by atoms with Gasteiger partial charge in [-0.3, -0.25) is 0 Å².